The van der Waals surface area contributed by atoms with Crippen molar-refractivity contribution >= 4 is 11.9 Å². The molecule has 8 fully saturated rings. The second-order valence-electron chi connectivity index (χ2n) is 29.0. The predicted molar refractivity (Wildman–Crippen MR) is 299 cm³/mol. The van der Waals surface area contributed by atoms with Gasteiger partial charge in [-0.05, 0) is 147 Å². The number of aromatic amines is 2. The van der Waals surface area contributed by atoms with Gasteiger partial charge in [0, 0.05) is 66.3 Å². The van der Waals surface area contributed by atoms with Gasteiger partial charge in [-0.1, -0.05) is 78.4 Å². The fourth-order valence-corrected chi connectivity index (χ4v) is 20.6. The first-order chi connectivity index (χ1) is 38.5. The van der Waals surface area contributed by atoms with Crippen LogP contribution in [0, 0.1) is 79.3 Å². The molecule has 0 bridgehead atoms. The highest BCUT2D eigenvalue weighted by Gasteiger charge is 2.75. The summed E-state index contributed by atoms with van der Waals surface area (Å²) in [6.45, 7) is 10.9. The number of aliphatic hydroxyl groups excluding tert-OH is 7. The third kappa shape index (κ3) is 9.45. The number of nitrogens with one attached hydrogen (secondary N) is 4. The highest BCUT2D eigenvalue weighted by atomic mass is 16.7. The maximum atomic E-state index is 15.3. The third-order valence-corrected chi connectivity index (χ3v) is 25.4. The van der Waals surface area contributed by atoms with Crippen LogP contribution < -0.4 is 16.4 Å². The van der Waals surface area contributed by atoms with E-state index in [2.05, 4.69) is 64.3 Å². The Labute approximate surface area is 477 Å². The van der Waals surface area contributed by atoms with Crippen LogP contribution in [0.3, 0.4) is 0 Å². The predicted octanol–water partition coefficient (Wildman–Crippen LogP) is 4.81. The number of aliphatic hydroxyl groups is 7. The summed E-state index contributed by atoms with van der Waals surface area (Å²) in [4.78, 5) is 45.1. The van der Waals surface area contributed by atoms with Crippen LogP contribution in [0.15, 0.2) is 36.7 Å². The Morgan fingerprint density at radius 3 is 2.25 bits per heavy atom. The van der Waals surface area contributed by atoms with Crippen molar-refractivity contribution in [1.29, 1.82) is 0 Å². The van der Waals surface area contributed by atoms with Crippen molar-refractivity contribution in [2.24, 2.45) is 85.1 Å². The number of aromatic nitrogens is 4. The normalized spacial score (nSPS) is 45.2. The van der Waals surface area contributed by atoms with Crippen molar-refractivity contribution in [2.75, 3.05) is 26.4 Å². The molecule has 81 heavy (non-hydrogen) atoms. The molecule has 6 saturated carbocycles. The first kappa shape index (κ1) is 59.4. The SMILES string of the molecule is CC1(CO)CCC2(C(=O)O)CC(Cc3cnc[nH]3)C3(C)C(=CCC4C5(C)C(CC6C(C(CC(CNC7CCCCC7)C(N)O)c7cnc[nH]7)NC(=O)C67CCCC7)C(O)C(OC6OCC(O)C(O)C6O)C(C)(CO)C5CCC43C)C2C1. The van der Waals surface area contributed by atoms with E-state index in [9.17, 15) is 45.6 Å². The Balaban J connectivity index is 1.06. The average Bonchev–Trinajstić information content (AvgIpc) is 4.45. The molecule has 0 aromatic carbocycles. The maximum absolute atomic E-state index is 15.3. The Morgan fingerprint density at radius 1 is 0.864 bits per heavy atom. The number of aliphatic carboxylic acids is 1. The third-order valence-electron chi connectivity index (χ3n) is 25.4. The van der Waals surface area contributed by atoms with Crippen LogP contribution in [0.5, 0.6) is 0 Å². The van der Waals surface area contributed by atoms with Crippen molar-refractivity contribution in [3.05, 3.63) is 48.1 Å². The largest absolute Gasteiger partial charge is 0.481 e. The summed E-state index contributed by atoms with van der Waals surface area (Å²) in [5.74, 6) is -3.51. The molecule has 2 aromatic rings. The Bertz CT molecular complexity index is 2560. The fraction of sp³-hybridized carbons (Fsp3) is 0.839. The maximum Gasteiger partial charge on any atom is 0.310 e. The number of nitrogens with zero attached hydrogens (tertiary/aromatic N) is 2. The lowest BCUT2D eigenvalue weighted by Gasteiger charge is -2.74. The number of ether oxygens (including phenoxy) is 2. The summed E-state index contributed by atoms with van der Waals surface area (Å²) in [6.07, 6.45) is 13.6. The molecule has 22 atom stereocenters. The van der Waals surface area contributed by atoms with Crippen LogP contribution in [-0.2, 0) is 25.5 Å². The summed E-state index contributed by atoms with van der Waals surface area (Å²) >= 11 is 0. The first-order valence-electron chi connectivity index (χ1n) is 31.1. The zero-order valence-corrected chi connectivity index (χ0v) is 48.6. The highest BCUT2D eigenvalue weighted by Crippen LogP contribution is 2.79. The minimum Gasteiger partial charge on any atom is -0.481 e. The van der Waals surface area contributed by atoms with Crippen LogP contribution in [0.1, 0.15) is 167 Å². The van der Waals surface area contributed by atoms with Gasteiger partial charge in [-0.25, -0.2) is 9.97 Å². The van der Waals surface area contributed by atoms with E-state index in [1.807, 2.05) is 19.3 Å². The lowest BCUT2D eigenvalue weighted by molar-refractivity contribution is -0.341. The van der Waals surface area contributed by atoms with Crippen LogP contribution in [-0.4, -0.2) is 154 Å². The number of imidazole rings is 2. The average molecular weight is 1130 g/mol. The summed E-state index contributed by atoms with van der Waals surface area (Å²) in [6, 6.07) is -0.154. The van der Waals surface area contributed by atoms with Gasteiger partial charge in [0.15, 0.2) is 6.29 Å². The standard InChI is InChI=1S/C62H97N7O12/c1-56(30-70)19-20-62(55(78)79)24-35(22-37-27-64-32-67-37)60(5)39(42(62)25-56)13-14-46-58(60,3)18-15-45-57(2,31-71)51(81-53-50(75)49(74)44(72)29-80-53)48(73)41(59(45,46)4)23-40-47(69-54(77)61(40)16-9-10-17-61)38(43-28-65-33-68-43)21-34(52(63)76)26-66-36-11-7-6-8-12-36/h13,27-28,32-36,38,40-42,44-53,66,70-76H,6-12,14-26,29-31,63H2,1-5H3,(H,64,67)(H,65,68)(H,69,77)(H,78,79). The minimum absolute atomic E-state index is 0.0182. The van der Waals surface area contributed by atoms with Crippen molar-refractivity contribution in [1.82, 2.24) is 30.6 Å². The van der Waals surface area contributed by atoms with Gasteiger partial charge in [-0.2, -0.15) is 0 Å². The number of allylic oxidation sites excluding steroid dienone is 2. The van der Waals surface area contributed by atoms with Crippen LogP contribution in [0.25, 0.3) is 0 Å². The number of fused-ring (bicyclic) bond motifs is 7. The Hall–Kier alpha value is -3.34. The van der Waals surface area contributed by atoms with Gasteiger partial charge in [-0.3, -0.25) is 9.59 Å². The molecule has 22 unspecified atom stereocenters. The van der Waals surface area contributed by atoms with Crippen molar-refractivity contribution < 1.29 is 59.9 Å². The minimum atomic E-state index is -1.66. The molecule has 2 aromatic heterocycles. The first-order valence-corrected chi connectivity index (χ1v) is 31.1. The van der Waals surface area contributed by atoms with Crippen molar-refractivity contribution in [3.63, 3.8) is 0 Å². The van der Waals surface area contributed by atoms with E-state index in [0.717, 1.165) is 55.5 Å². The number of carbonyl (C=O) groups is 2. The second kappa shape index (κ2) is 22.2. The molecule has 452 valence electrons. The topological polar surface area (TPSA) is 322 Å². The van der Waals surface area contributed by atoms with Crippen LogP contribution in [0.4, 0.5) is 0 Å². The van der Waals surface area contributed by atoms with Gasteiger partial charge in [-0.15, -0.1) is 0 Å². The van der Waals surface area contributed by atoms with Crippen LogP contribution >= 0.6 is 0 Å². The number of carboxylic acid groups (broad SMARTS) is 1. The molecule has 9 aliphatic rings. The molecule has 4 heterocycles. The summed E-state index contributed by atoms with van der Waals surface area (Å²) in [7, 11) is 0. The van der Waals surface area contributed by atoms with Crippen molar-refractivity contribution in [2.45, 2.75) is 218 Å². The van der Waals surface area contributed by atoms with Gasteiger partial charge >= 0.3 is 5.97 Å². The molecule has 14 N–H and O–H groups in total. The summed E-state index contributed by atoms with van der Waals surface area (Å²) in [5, 5.41) is 100. The lowest BCUT2D eigenvalue weighted by Crippen LogP contribution is -2.73. The number of H-pyrrole nitrogens is 2. The van der Waals surface area contributed by atoms with Gasteiger partial charge in [0.05, 0.1) is 48.9 Å². The smallest absolute Gasteiger partial charge is 0.310 e. The second-order valence-corrected chi connectivity index (χ2v) is 29.0. The number of hydrogen-bond donors (Lipinski definition) is 13. The zero-order valence-electron chi connectivity index (χ0n) is 48.6. The van der Waals surface area contributed by atoms with Gasteiger partial charge in [0.2, 0.25) is 5.91 Å². The summed E-state index contributed by atoms with van der Waals surface area (Å²) in [5.41, 5.74) is 4.02. The molecule has 7 aliphatic carbocycles. The monoisotopic (exact) mass is 1130 g/mol. The van der Waals surface area contributed by atoms with Gasteiger partial charge in [0.25, 0.3) is 0 Å². The Kier molecular flexibility index (Phi) is 16.3. The molecular weight excluding hydrogens is 1030 g/mol. The molecule has 2 aliphatic heterocycles. The quantitative estimate of drug-likeness (QED) is 0.0574. The van der Waals surface area contributed by atoms with E-state index in [1.54, 1.807) is 12.7 Å². The number of hydrogen-bond acceptors (Lipinski definition) is 15. The molecular formula is C62H97N7O12. The number of amides is 1. The number of rotatable bonds is 17. The molecule has 1 spiro atoms. The lowest BCUT2D eigenvalue weighted by atomic mass is 9.30. The fourth-order valence-electron chi connectivity index (χ4n) is 20.6. The number of carboxylic acids is 1. The van der Waals surface area contributed by atoms with Crippen molar-refractivity contribution in [3.8, 4) is 0 Å². The molecule has 19 nitrogen and oxygen atoms in total. The molecule has 1 amide bonds. The number of carbonyl (C=O) groups excluding carboxylic acids is 1. The van der Waals surface area contributed by atoms with Crippen LogP contribution in [0.2, 0.25) is 0 Å². The van der Waals surface area contributed by atoms with E-state index < -0.39 is 105 Å². The zero-order chi connectivity index (χ0) is 57.7. The molecule has 11 rings (SSSR count). The Morgan fingerprint density at radius 2 is 1.59 bits per heavy atom. The molecule has 19 heteroatoms. The van der Waals surface area contributed by atoms with Gasteiger partial charge in [0.1, 0.15) is 24.5 Å². The van der Waals surface area contributed by atoms with E-state index in [1.165, 1.54) is 6.42 Å². The molecule has 2 saturated heterocycles. The highest BCUT2D eigenvalue weighted by molar-refractivity contribution is 5.86. The number of nitrogens with two attached hydrogens (primary N) is 1. The van der Waals surface area contributed by atoms with E-state index >= 15 is 4.79 Å². The van der Waals surface area contributed by atoms with Gasteiger partial charge < -0.3 is 76.7 Å². The summed E-state index contributed by atoms with van der Waals surface area (Å²) < 4.78 is 12.8. The van der Waals surface area contributed by atoms with E-state index in [0.29, 0.717) is 89.6 Å². The van der Waals surface area contributed by atoms with E-state index in [-0.39, 0.29) is 60.5 Å². The van der Waals surface area contributed by atoms with E-state index in [4.69, 9.17) is 15.2 Å². The molecule has 0 radical (unpaired) electrons.